The fourth-order valence-electron chi connectivity index (χ4n) is 1.15. The van der Waals surface area contributed by atoms with Crippen molar-refractivity contribution in [2.24, 2.45) is 0 Å². The number of hydrogen-bond donors (Lipinski definition) is 3. The second kappa shape index (κ2) is 16.7. The van der Waals surface area contributed by atoms with Crippen molar-refractivity contribution in [2.75, 3.05) is 72.7 Å². The highest BCUT2D eigenvalue weighted by molar-refractivity contribution is 4.40. The number of rotatable bonds is 16. The molecule has 20 heavy (non-hydrogen) atoms. The van der Waals surface area contributed by atoms with Gasteiger partial charge in [-0.2, -0.15) is 0 Å². The van der Waals surface area contributed by atoms with E-state index in [0.29, 0.717) is 39.6 Å². The standard InChI is InChI=1S/C12H26O8/c13-1-3-16-5-6-18-7-8-19-11-12(15)20-10-9-17-4-2-14/h12-15H,1-11H2. The molecule has 0 radical (unpaired) electrons. The molecular weight excluding hydrogens is 272 g/mol. The van der Waals surface area contributed by atoms with Crippen molar-refractivity contribution < 1.29 is 39.0 Å². The molecule has 1 unspecified atom stereocenters. The maximum absolute atomic E-state index is 9.37. The first-order valence-electron chi connectivity index (χ1n) is 6.63. The molecule has 0 rings (SSSR count). The van der Waals surface area contributed by atoms with Crippen molar-refractivity contribution >= 4 is 0 Å². The van der Waals surface area contributed by atoms with E-state index in [4.69, 9.17) is 33.9 Å². The molecule has 122 valence electrons. The highest BCUT2D eigenvalue weighted by Gasteiger charge is 2.03. The van der Waals surface area contributed by atoms with Crippen molar-refractivity contribution in [3.8, 4) is 0 Å². The van der Waals surface area contributed by atoms with Crippen LogP contribution in [0.15, 0.2) is 0 Å². The van der Waals surface area contributed by atoms with E-state index in [-0.39, 0.29) is 33.0 Å². The zero-order chi connectivity index (χ0) is 14.9. The average Bonchev–Trinajstić information content (AvgIpc) is 2.45. The van der Waals surface area contributed by atoms with Crippen LogP contribution in [-0.2, 0) is 23.7 Å². The van der Waals surface area contributed by atoms with Gasteiger partial charge in [-0.3, -0.25) is 0 Å². The third-order valence-electron chi connectivity index (χ3n) is 2.01. The van der Waals surface area contributed by atoms with Crippen LogP contribution in [0.25, 0.3) is 0 Å². The van der Waals surface area contributed by atoms with Crippen LogP contribution in [0.2, 0.25) is 0 Å². The lowest BCUT2D eigenvalue weighted by Gasteiger charge is -2.12. The second-order valence-electron chi connectivity index (χ2n) is 3.68. The molecule has 0 spiro atoms. The summed E-state index contributed by atoms with van der Waals surface area (Å²) in [5.74, 6) is 0. The molecule has 0 saturated heterocycles. The molecule has 0 saturated carbocycles. The van der Waals surface area contributed by atoms with Crippen LogP contribution in [0.5, 0.6) is 0 Å². The molecule has 8 heteroatoms. The lowest BCUT2D eigenvalue weighted by molar-refractivity contribution is -0.149. The molecule has 0 aliphatic rings. The molecule has 0 heterocycles. The molecule has 0 aromatic heterocycles. The largest absolute Gasteiger partial charge is 0.394 e. The number of ether oxygens (including phenoxy) is 5. The Kier molecular flexibility index (Phi) is 16.5. The SMILES string of the molecule is OCCOCCOCCOCC(O)OCCOCCO. The van der Waals surface area contributed by atoms with E-state index in [2.05, 4.69) is 0 Å². The Balaban J connectivity index is 3.09. The summed E-state index contributed by atoms with van der Waals surface area (Å²) in [7, 11) is 0. The van der Waals surface area contributed by atoms with Crippen molar-refractivity contribution in [2.45, 2.75) is 6.29 Å². The van der Waals surface area contributed by atoms with E-state index in [1.807, 2.05) is 0 Å². The predicted octanol–water partition coefficient (Wildman–Crippen LogP) is -1.63. The molecule has 0 fully saturated rings. The first kappa shape index (κ1) is 19.7. The third-order valence-corrected chi connectivity index (χ3v) is 2.01. The van der Waals surface area contributed by atoms with Gasteiger partial charge in [-0.05, 0) is 0 Å². The maximum Gasteiger partial charge on any atom is 0.178 e. The van der Waals surface area contributed by atoms with Gasteiger partial charge in [0.2, 0.25) is 0 Å². The second-order valence-corrected chi connectivity index (χ2v) is 3.68. The molecule has 8 nitrogen and oxygen atoms in total. The highest BCUT2D eigenvalue weighted by Crippen LogP contribution is 1.90. The summed E-state index contributed by atoms with van der Waals surface area (Å²) in [5, 5.41) is 26.3. The molecule has 0 aromatic carbocycles. The Morgan fingerprint density at radius 3 is 1.60 bits per heavy atom. The van der Waals surface area contributed by atoms with Crippen molar-refractivity contribution in [3.63, 3.8) is 0 Å². The first-order chi connectivity index (χ1) is 9.81. The minimum Gasteiger partial charge on any atom is -0.394 e. The van der Waals surface area contributed by atoms with E-state index in [9.17, 15) is 5.11 Å². The van der Waals surface area contributed by atoms with Crippen molar-refractivity contribution in [3.05, 3.63) is 0 Å². The monoisotopic (exact) mass is 298 g/mol. The van der Waals surface area contributed by atoms with Gasteiger partial charge in [0.05, 0.1) is 72.7 Å². The van der Waals surface area contributed by atoms with Crippen LogP contribution < -0.4 is 0 Å². The minimum atomic E-state index is -0.999. The topological polar surface area (TPSA) is 107 Å². The van der Waals surface area contributed by atoms with Crippen molar-refractivity contribution in [1.82, 2.24) is 0 Å². The fourth-order valence-corrected chi connectivity index (χ4v) is 1.15. The van der Waals surface area contributed by atoms with Gasteiger partial charge in [0.25, 0.3) is 0 Å². The van der Waals surface area contributed by atoms with Gasteiger partial charge in [-0.25, -0.2) is 0 Å². The minimum absolute atomic E-state index is 0.00599. The predicted molar refractivity (Wildman–Crippen MR) is 69.4 cm³/mol. The van der Waals surface area contributed by atoms with E-state index in [1.165, 1.54) is 0 Å². The number of aliphatic hydroxyl groups is 3. The van der Waals surface area contributed by atoms with Crippen LogP contribution in [0.3, 0.4) is 0 Å². The molecular formula is C12H26O8. The molecule has 0 aliphatic heterocycles. The first-order valence-corrected chi connectivity index (χ1v) is 6.63. The Morgan fingerprint density at radius 1 is 0.600 bits per heavy atom. The van der Waals surface area contributed by atoms with E-state index in [1.54, 1.807) is 0 Å². The normalized spacial score (nSPS) is 12.8. The van der Waals surface area contributed by atoms with Crippen LogP contribution in [0.4, 0.5) is 0 Å². The lowest BCUT2D eigenvalue weighted by Crippen LogP contribution is -2.23. The molecule has 3 N–H and O–H groups in total. The zero-order valence-corrected chi connectivity index (χ0v) is 11.7. The Morgan fingerprint density at radius 2 is 1.05 bits per heavy atom. The summed E-state index contributed by atoms with van der Waals surface area (Å²) >= 11 is 0. The van der Waals surface area contributed by atoms with E-state index in [0.717, 1.165) is 0 Å². The van der Waals surface area contributed by atoms with Gasteiger partial charge < -0.3 is 39.0 Å². The third kappa shape index (κ3) is 15.7. The van der Waals surface area contributed by atoms with Gasteiger partial charge in [-0.15, -0.1) is 0 Å². The smallest absolute Gasteiger partial charge is 0.178 e. The van der Waals surface area contributed by atoms with E-state index >= 15 is 0 Å². The van der Waals surface area contributed by atoms with Gasteiger partial charge in [0, 0.05) is 0 Å². The Labute approximate surface area is 119 Å². The van der Waals surface area contributed by atoms with Gasteiger partial charge >= 0.3 is 0 Å². The van der Waals surface area contributed by atoms with Gasteiger partial charge in [0.1, 0.15) is 0 Å². The summed E-state index contributed by atoms with van der Waals surface area (Å²) in [5.41, 5.74) is 0. The highest BCUT2D eigenvalue weighted by atomic mass is 16.6. The summed E-state index contributed by atoms with van der Waals surface area (Å²) in [6, 6.07) is 0. The fraction of sp³-hybridized carbons (Fsp3) is 1.00. The molecule has 0 amide bonds. The quantitative estimate of drug-likeness (QED) is 0.230. The molecule has 0 bridgehead atoms. The number of hydrogen-bond acceptors (Lipinski definition) is 8. The van der Waals surface area contributed by atoms with Crippen molar-refractivity contribution in [1.29, 1.82) is 0 Å². The summed E-state index contributed by atoms with van der Waals surface area (Å²) in [6.07, 6.45) is -0.999. The average molecular weight is 298 g/mol. The Bertz CT molecular complexity index is 181. The Hall–Kier alpha value is -0.320. The number of aliphatic hydroxyl groups excluding tert-OH is 3. The molecule has 0 aliphatic carbocycles. The van der Waals surface area contributed by atoms with Crippen LogP contribution in [0, 0.1) is 0 Å². The lowest BCUT2D eigenvalue weighted by atomic mass is 10.6. The van der Waals surface area contributed by atoms with E-state index < -0.39 is 6.29 Å². The van der Waals surface area contributed by atoms with Gasteiger partial charge in [-0.1, -0.05) is 0 Å². The summed E-state index contributed by atoms with van der Waals surface area (Å²) < 4.78 is 25.3. The molecule has 0 aromatic rings. The van der Waals surface area contributed by atoms with Crippen LogP contribution in [0.1, 0.15) is 0 Å². The molecule has 1 atom stereocenters. The maximum atomic E-state index is 9.37. The summed E-state index contributed by atoms with van der Waals surface area (Å²) in [6.45, 7) is 2.77. The van der Waals surface area contributed by atoms with Crippen LogP contribution >= 0.6 is 0 Å². The van der Waals surface area contributed by atoms with Gasteiger partial charge in [0.15, 0.2) is 6.29 Å². The van der Waals surface area contributed by atoms with Crippen LogP contribution in [-0.4, -0.2) is 94.3 Å². The zero-order valence-electron chi connectivity index (χ0n) is 11.7. The summed E-state index contributed by atoms with van der Waals surface area (Å²) in [4.78, 5) is 0.